The SMILES string of the molecule is OCCCCc1cn(Cc2ccc(Cl)s2)nn1. The van der Waals surface area contributed by atoms with Crippen molar-refractivity contribution in [1.29, 1.82) is 0 Å². The first-order valence-electron chi connectivity index (χ1n) is 5.52. The molecule has 17 heavy (non-hydrogen) atoms. The largest absolute Gasteiger partial charge is 0.396 e. The minimum absolute atomic E-state index is 0.238. The number of rotatable bonds is 6. The van der Waals surface area contributed by atoms with Crippen molar-refractivity contribution in [2.24, 2.45) is 0 Å². The standard InChI is InChI=1S/C11H14ClN3OS/c12-11-5-4-10(17-11)8-15-7-9(13-14-15)3-1-2-6-16/h4-5,7,16H,1-3,6,8H2. The Morgan fingerprint density at radius 3 is 2.94 bits per heavy atom. The van der Waals surface area contributed by atoms with Gasteiger partial charge in [-0.3, -0.25) is 0 Å². The fraction of sp³-hybridized carbons (Fsp3) is 0.455. The number of hydrogen-bond donors (Lipinski definition) is 1. The molecule has 2 aromatic rings. The molecule has 6 heteroatoms. The van der Waals surface area contributed by atoms with E-state index in [1.807, 2.05) is 23.0 Å². The average Bonchev–Trinajstić information content (AvgIpc) is 2.90. The lowest BCUT2D eigenvalue weighted by atomic mass is 10.2. The van der Waals surface area contributed by atoms with E-state index in [1.165, 1.54) is 4.88 Å². The summed E-state index contributed by atoms with van der Waals surface area (Å²) in [4.78, 5) is 1.17. The molecule has 0 aliphatic carbocycles. The number of thiophene rings is 1. The monoisotopic (exact) mass is 271 g/mol. The third-order valence-corrected chi connectivity index (χ3v) is 3.59. The van der Waals surface area contributed by atoms with Crippen LogP contribution in [0.3, 0.4) is 0 Å². The molecular formula is C11H14ClN3OS. The van der Waals surface area contributed by atoms with Crippen molar-refractivity contribution in [2.45, 2.75) is 25.8 Å². The van der Waals surface area contributed by atoms with E-state index in [-0.39, 0.29) is 6.61 Å². The second-order valence-corrected chi connectivity index (χ2v) is 5.59. The lowest BCUT2D eigenvalue weighted by Gasteiger charge is -1.95. The molecule has 0 aromatic carbocycles. The highest BCUT2D eigenvalue weighted by atomic mass is 35.5. The Kier molecular flexibility index (Phi) is 4.53. The number of hydrogen-bond acceptors (Lipinski definition) is 4. The van der Waals surface area contributed by atoms with E-state index in [0.717, 1.165) is 29.3 Å². The number of aromatic nitrogens is 3. The minimum atomic E-state index is 0.238. The van der Waals surface area contributed by atoms with Crippen LogP contribution in [0.4, 0.5) is 0 Å². The normalized spacial score (nSPS) is 10.9. The Labute approximate surface area is 109 Å². The maximum atomic E-state index is 8.69. The predicted octanol–water partition coefficient (Wildman–Crippen LogP) is 2.36. The number of aliphatic hydroxyl groups excluding tert-OH is 1. The van der Waals surface area contributed by atoms with Crippen molar-refractivity contribution in [3.05, 3.63) is 33.2 Å². The molecule has 1 N–H and O–H groups in total. The van der Waals surface area contributed by atoms with E-state index in [2.05, 4.69) is 10.3 Å². The predicted molar refractivity (Wildman–Crippen MR) is 68.5 cm³/mol. The van der Waals surface area contributed by atoms with Gasteiger partial charge in [-0.05, 0) is 31.4 Å². The van der Waals surface area contributed by atoms with Gasteiger partial charge in [0.15, 0.2) is 0 Å². The molecule has 92 valence electrons. The summed E-state index contributed by atoms with van der Waals surface area (Å²) in [5, 5.41) is 16.9. The second kappa shape index (κ2) is 6.14. The van der Waals surface area contributed by atoms with Gasteiger partial charge in [0.05, 0.1) is 16.6 Å². The van der Waals surface area contributed by atoms with Crippen LogP contribution in [0.25, 0.3) is 0 Å². The molecule has 0 bridgehead atoms. The van der Waals surface area contributed by atoms with Gasteiger partial charge in [-0.2, -0.15) is 0 Å². The van der Waals surface area contributed by atoms with Crippen molar-refractivity contribution in [3.8, 4) is 0 Å². The van der Waals surface area contributed by atoms with Crippen LogP contribution in [0.1, 0.15) is 23.4 Å². The molecule has 0 radical (unpaired) electrons. The van der Waals surface area contributed by atoms with Gasteiger partial charge in [-0.15, -0.1) is 16.4 Å². The van der Waals surface area contributed by atoms with E-state index >= 15 is 0 Å². The van der Waals surface area contributed by atoms with Crippen molar-refractivity contribution >= 4 is 22.9 Å². The number of aliphatic hydroxyl groups is 1. The van der Waals surface area contributed by atoms with Crippen LogP contribution in [-0.4, -0.2) is 26.7 Å². The highest BCUT2D eigenvalue weighted by Gasteiger charge is 2.03. The molecule has 0 amide bonds. The van der Waals surface area contributed by atoms with Gasteiger partial charge in [0.1, 0.15) is 0 Å². The van der Waals surface area contributed by atoms with E-state index in [4.69, 9.17) is 16.7 Å². The van der Waals surface area contributed by atoms with Crippen molar-refractivity contribution in [1.82, 2.24) is 15.0 Å². The zero-order chi connectivity index (χ0) is 12.1. The molecule has 2 aromatic heterocycles. The fourth-order valence-electron chi connectivity index (χ4n) is 1.54. The molecule has 0 saturated heterocycles. The Hall–Kier alpha value is -0.910. The molecule has 0 aliphatic heterocycles. The van der Waals surface area contributed by atoms with Crippen LogP contribution < -0.4 is 0 Å². The summed E-state index contributed by atoms with van der Waals surface area (Å²) in [5.74, 6) is 0. The van der Waals surface area contributed by atoms with Gasteiger partial charge in [0.25, 0.3) is 0 Å². The van der Waals surface area contributed by atoms with Crippen LogP contribution in [0.15, 0.2) is 18.3 Å². The molecule has 0 unspecified atom stereocenters. The first kappa shape index (κ1) is 12.5. The first-order valence-corrected chi connectivity index (χ1v) is 6.71. The van der Waals surface area contributed by atoms with Crippen LogP contribution in [-0.2, 0) is 13.0 Å². The van der Waals surface area contributed by atoms with Crippen LogP contribution >= 0.6 is 22.9 Å². The fourth-order valence-corrected chi connectivity index (χ4v) is 2.62. The number of aryl methyl sites for hydroxylation is 1. The van der Waals surface area contributed by atoms with Crippen molar-refractivity contribution in [2.75, 3.05) is 6.61 Å². The van der Waals surface area contributed by atoms with Crippen LogP contribution in [0.2, 0.25) is 4.34 Å². The molecule has 0 aliphatic rings. The topological polar surface area (TPSA) is 50.9 Å². The van der Waals surface area contributed by atoms with Crippen molar-refractivity contribution < 1.29 is 5.11 Å². The zero-order valence-corrected chi connectivity index (χ0v) is 10.9. The van der Waals surface area contributed by atoms with Gasteiger partial charge >= 0.3 is 0 Å². The number of unbranched alkanes of at least 4 members (excludes halogenated alkanes) is 1. The van der Waals surface area contributed by atoms with Crippen LogP contribution in [0.5, 0.6) is 0 Å². The molecule has 2 rings (SSSR count). The molecule has 0 saturated carbocycles. The van der Waals surface area contributed by atoms with Gasteiger partial charge in [0.2, 0.25) is 0 Å². The molecule has 0 spiro atoms. The summed E-state index contributed by atoms with van der Waals surface area (Å²) in [6.45, 7) is 0.951. The highest BCUT2D eigenvalue weighted by molar-refractivity contribution is 7.16. The summed E-state index contributed by atoms with van der Waals surface area (Å²) in [7, 11) is 0. The third-order valence-electron chi connectivity index (χ3n) is 2.37. The van der Waals surface area contributed by atoms with Gasteiger partial charge < -0.3 is 5.11 Å². The van der Waals surface area contributed by atoms with Gasteiger partial charge in [-0.1, -0.05) is 16.8 Å². The van der Waals surface area contributed by atoms with Gasteiger partial charge in [0, 0.05) is 17.7 Å². The zero-order valence-electron chi connectivity index (χ0n) is 9.34. The number of halogens is 1. The molecule has 4 nitrogen and oxygen atoms in total. The lowest BCUT2D eigenvalue weighted by molar-refractivity contribution is 0.284. The lowest BCUT2D eigenvalue weighted by Crippen LogP contribution is -1.98. The highest BCUT2D eigenvalue weighted by Crippen LogP contribution is 2.21. The summed E-state index contributed by atoms with van der Waals surface area (Å²) >= 11 is 7.42. The quantitative estimate of drug-likeness (QED) is 0.821. The molecule has 0 atom stereocenters. The summed E-state index contributed by atoms with van der Waals surface area (Å²) in [6, 6.07) is 3.89. The first-order chi connectivity index (χ1) is 8.28. The summed E-state index contributed by atoms with van der Waals surface area (Å²) < 4.78 is 2.61. The smallest absolute Gasteiger partial charge is 0.0931 e. The van der Waals surface area contributed by atoms with E-state index in [0.29, 0.717) is 6.54 Å². The number of nitrogens with zero attached hydrogens (tertiary/aromatic N) is 3. The average molecular weight is 272 g/mol. The van der Waals surface area contributed by atoms with Gasteiger partial charge in [-0.25, -0.2) is 4.68 Å². The molecular weight excluding hydrogens is 258 g/mol. The Morgan fingerprint density at radius 1 is 1.35 bits per heavy atom. The van der Waals surface area contributed by atoms with E-state index in [1.54, 1.807) is 11.3 Å². The maximum absolute atomic E-state index is 8.69. The summed E-state index contributed by atoms with van der Waals surface area (Å²) in [5.41, 5.74) is 0.973. The Bertz CT molecular complexity index is 469. The Morgan fingerprint density at radius 2 is 2.24 bits per heavy atom. The van der Waals surface area contributed by atoms with E-state index in [9.17, 15) is 0 Å². The van der Waals surface area contributed by atoms with Crippen molar-refractivity contribution in [3.63, 3.8) is 0 Å². The second-order valence-electron chi connectivity index (χ2n) is 3.79. The molecule has 2 heterocycles. The van der Waals surface area contributed by atoms with Crippen LogP contribution in [0, 0.1) is 0 Å². The Balaban J connectivity index is 1.89. The summed E-state index contributed by atoms with van der Waals surface area (Å²) in [6.07, 6.45) is 4.57. The minimum Gasteiger partial charge on any atom is -0.396 e. The molecule has 0 fully saturated rings. The third kappa shape index (κ3) is 3.80. The van der Waals surface area contributed by atoms with E-state index < -0.39 is 0 Å². The maximum Gasteiger partial charge on any atom is 0.0931 e.